The lowest BCUT2D eigenvalue weighted by Gasteiger charge is -2.09. The molecule has 0 radical (unpaired) electrons. The Hall–Kier alpha value is -2.42. The van der Waals surface area contributed by atoms with Crippen molar-refractivity contribution in [2.24, 2.45) is 0 Å². The van der Waals surface area contributed by atoms with Gasteiger partial charge < -0.3 is 9.84 Å². The van der Waals surface area contributed by atoms with E-state index >= 15 is 0 Å². The van der Waals surface area contributed by atoms with Gasteiger partial charge in [-0.2, -0.15) is 0 Å². The maximum Gasteiger partial charge on any atom is 0.141 e. The van der Waals surface area contributed by atoms with Crippen molar-refractivity contribution >= 4 is 27.8 Å². The second kappa shape index (κ2) is 6.33. The van der Waals surface area contributed by atoms with Crippen LogP contribution < -0.4 is 4.74 Å². The molecule has 3 heterocycles. The summed E-state index contributed by atoms with van der Waals surface area (Å²) in [6.07, 6.45) is 6.74. The molecule has 27 heavy (non-hydrogen) atoms. The van der Waals surface area contributed by atoms with Gasteiger partial charge in [0.25, 0.3) is 0 Å². The van der Waals surface area contributed by atoms with Crippen LogP contribution in [0.2, 0.25) is 5.02 Å². The molecule has 0 bridgehead atoms. The number of imidazole rings is 1. The second-order valence-corrected chi connectivity index (χ2v) is 8.01. The van der Waals surface area contributed by atoms with Gasteiger partial charge in [-0.3, -0.25) is 4.40 Å². The van der Waals surface area contributed by atoms with Gasteiger partial charge in [-0.15, -0.1) is 16.4 Å². The predicted molar refractivity (Wildman–Crippen MR) is 102 cm³/mol. The second-order valence-electron chi connectivity index (χ2n) is 6.54. The highest BCUT2D eigenvalue weighted by Crippen LogP contribution is 2.47. The lowest BCUT2D eigenvalue weighted by atomic mass is 10.1. The van der Waals surface area contributed by atoms with E-state index in [4.69, 9.17) is 16.3 Å². The summed E-state index contributed by atoms with van der Waals surface area (Å²) < 4.78 is 8.72. The number of nitrogens with zero attached hydrogens (tertiary/aromatic N) is 5. The minimum atomic E-state index is -0.869. The molecule has 1 aliphatic carbocycles. The van der Waals surface area contributed by atoms with Gasteiger partial charge in [0.2, 0.25) is 0 Å². The number of aromatic nitrogens is 5. The Bertz CT molecular complexity index is 1130. The molecule has 1 unspecified atom stereocenters. The number of rotatable bonds is 5. The highest BCUT2D eigenvalue weighted by molar-refractivity contribution is 7.17. The molecule has 1 saturated carbocycles. The third kappa shape index (κ3) is 2.80. The molecule has 1 fully saturated rings. The SMILES string of the molecule is COc1ccc(-n2cc(C(O)c3c(C4CC4)sc4cncn34)nn2)cc1Cl. The monoisotopic (exact) mass is 401 g/mol. The lowest BCUT2D eigenvalue weighted by molar-refractivity contribution is 0.208. The Balaban J connectivity index is 1.52. The zero-order chi connectivity index (χ0) is 18.5. The number of ether oxygens (including phenoxy) is 1. The third-order valence-electron chi connectivity index (χ3n) is 4.73. The van der Waals surface area contributed by atoms with Gasteiger partial charge in [-0.05, 0) is 37.0 Å². The molecule has 1 atom stereocenters. The van der Waals surface area contributed by atoms with E-state index in [0.29, 0.717) is 22.4 Å². The van der Waals surface area contributed by atoms with Crippen LogP contribution in [0.15, 0.2) is 36.9 Å². The maximum atomic E-state index is 11.0. The van der Waals surface area contributed by atoms with Crippen molar-refractivity contribution < 1.29 is 9.84 Å². The van der Waals surface area contributed by atoms with E-state index < -0.39 is 6.10 Å². The molecule has 5 rings (SSSR count). The van der Waals surface area contributed by atoms with Gasteiger partial charge >= 0.3 is 0 Å². The minimum absolute atomic E-state index is 0.484. The molecule has 1 aromatic carbocycles. The Labute approximate surface area is 163 Å². The highest BCUT2D eigenvalue weighted by Gasteiger charge is 2.33. The van der Waals surface area contributed by atoms with Gasteiger partial charge in [-0.1, -0.05) is 16.8 Å². The van der Waals surface area contributed by atoms with Crippen molar-refractivity contribution in [1.82, 2.24) is 24.4 Å². The highest BCUT2D eigenvalue weighted by atomic mass is 35.5. The van der Waals surface area contributed by atoms with Crippen molar-refractivity contribution in [3.05, 3.63) is 58.2 Å². The minimum Gasteiger partial charge on any atom is -0.495 e. The number of fused-ring (bicyclic) bond motifs is 1. The molecule has 9 heteroatoms. The molecule has 0 saturated heterocycles. The van der Waals surface area contributed by atoms with Crippen molar-refractivity contribution in [1.29, 1.82) is 0 Å². The molecule has 0 spiro atoms. The fourth-order valence-electron chi connectivity index (χ4n) is 3.19. The normalized spacial score (nSPS) is 15.4. The van der Waals surface area contributed by atoms with E-state index in [1.807, 2.05) is 16.7 Å². The van der Waals surface area contributed by atoms with E-state index in [-0.39, 0.29) is 0 Å². The van der Waals surface area contributed by atoms with Crippen LogP contribution in [0.4, 0.5) is 0 Å². The molecule has 0 aliphatic heterocycles. The van der Waals surface area contributed by atoms with E-state index in [9.17, 15) is 5.11 Å². The Morgan fingerprint density at radius 3 is 2.96 bits per heavy atom. The number of hydrogen-bond acceptors (Lipinski definition) is 6. The van der Waals surface area contributed by atoms with Gasteiger partial charge in [0.05, 0.1) is 35.9 Å². The Morgan fingerprint density at radius 2 is 2.22 bits per heavy atom. The number of methoxy groups -OCH3 is 1. The molecular weight excluding hydrogens is 386 g/mol. The van der Waals surface area contributed by atoms with Crippen LogP contribution in [0.25, 0.3) is 10.5 Å². The first kappa shape index (κ1) is 16.7. The zero-order valence-corrected chi connectivity index (χ0v) is 16.0. The molecule has 7 nitrogen and oxygen atoms in total. The molecule has 138 valence electrons. The van der Waals surface area contributed by atoms with E-state index in [2.05, 4.69) is 15.3 Å². The van der Waals surface area contributed by atoms with E-state index in [1.165, 1.54) is 4.88 Å². The summed E-state index contributed by atoms with van der Waals surface area (Å²) in [6.45, 7) is 0. The third-order valence-corrected chi connectivity index (χ3v) is 6.30. The van der Waals surface area contributed by atoms with E-state index in [0.717, 1.165) is 29.1 Å². The quantitative estimate of drug-likeness (QED) is 0.553. The van der Waals surface area contributed by atoms with Gasteiger partial charge in [0.1, 0.15) is 28.7 Å². The number of benzene rings is 1. The molecule has 4 aromatic rings. The molecule has 0 amide bonds. The maximum absolute atomic E-state index is 11.0. The van der Waals surface area contributed by atoms with Crippen molar-refractivity contribution in [2.75, 3.05) is 7.11 Å². The number of thiazole rings is 1. The van der Waals surface area contributed by atoms with Crippen LogP contribution in [0.3, 0.4) is 0 Å². The standard InChI is InChI=1S/C18H16ClN5O2S/c1-26-14-5-4-11(6-12(14)19)24-8-13(21-22-24)17(25)16-18(10-2-3-10)27-15-7-20-9-23(15)16/h4-10,17,25H,2-3H2,1H3. The summed E-state index contributed by atoms with van der Waals surface area (Å²) in [5, 5.41) is 19.9. The molecule has 3 aromatic heterocycles. The number of aliphatic hydroxyl groups excluding tert-OH is 1. The topological polar surface area (TPSA) is 77.5 Å². The summed E-state index contributed by atoms with van der Waals surface area (Å²) in [6, 6.07) is 5.36. The first-order chi connectivity index (χ1) is 13.2. The van der Waals surface area contributed by atoms with Crippen molar-refractivity contribution in [3.8, 4) is 11.4 Å². The zero-order valence-electron chi connectivity index (χ0n) is 14.4. The van der Waals surface area contributed by atoms with Crippen LogP contribution in [0.5, 0.6) is 5.75 Å². The van der Waals surface area contributed by atoms with E-state index in [1.54, 1.807) is 47.8 Å². The molecule has 1 aliphatic rings. The molecule has 1 N–H and O–H groups in total. The summed E-state index contributed by atoms with van der Waals surface area (Å²) >= 11 is 7.89. The van der Waals surface area contributed by atoms with Crippen molar-refractivity contribution in [3.63, 3.8) is 0 Å². The summed E-state index contributed by atoms with van der Waals surface area (Å²) in [7, 11) is 1.57. The molecular formula is C18H16ClN5O2S. The summed E-state index contributed by atoms with van der Waals surface area (Å²) in [5.41, 5.74) is 2.07. The van der Waals surface area contributed by atoms with Crippen molar-refractivity contribution in [2.45, 2.75) is 24.9 Å². The van der Waals surface area contributed by atoms with Gasteiger partial charge in [-0.25, -0.2) is 9.67 Å². The van der Waals surface area contributed by atoms with Crippen LogP contribution in [0, 0.1) is 0 Å². The number of halogens is 1. The first-order valence-electron chi connectivity index (χ1n) is 8.54. The predicted octanol–water partition coefficient (Wildman–Crippen LogP) is 3.60. The Kier molecular flexibility index (Phi) is 3.92. The smallest absolute Gasteiger partial charge is 0.141 e. The lowest BCUT2D eigenvalue weighted by Crippen LogP contribution is -2.06. The Morgan fingerprint density at radius 1 is 1.37 bits per heavy atom. The number of aliphatic hydroxyl groups is 1. The number of hydrogen-bond donors (Lipinski definition) is 1. The summed E-state index contributed by atoms with van der Waals surface area (Å²) in [5.74, 6) is 1.12. The van der Waals surface area contributed by atoms with Crippen LogP contribution in [-0.4, -0.2) is 36.6 Å². The van der Waals surface area contributed by atoms with Crippen LogP contribution >= 0.6 is 22.9 Å². The average Bonchev–Trinajstić information content (AvgIpc) is 3.08. The van der Waals surface area contributed by atoms with Gasteiger partial charge in [0.15, 0.2) is 0 Å². The van der Waals surface area contributed by atoms with Crippen LogP contribution in [-0.2, 0) is 0 Å². The summed E-state index contributed by atoms with van der Waals surface area (Å²) in [4.78, 5) is 6.43. The largest absolute Gasteiger partial charge is 0.495 e. The fourth-order valence-corrected chi connectivity index (χ4v) is 4.75. The van der Waals surface area contributed by atoms with Gasteiger partial charge in [0, 0.05) is 4.88 Å². The fraction of sp³-hybridized carbons (Fsp3) is 0.278. The average molecular weight is 402 g/mol. The van der Waals surface area contributed by atoms with Crippen LogP contribution in [0.1, 0.15) is 41.1 Å². The first-order valence-corrected chi connectivity index (χ1v) is 9.74.